The molecular formula is C13H16N4O2. The number of hydrogen-bond donors (Lipinski definition) is 0. The normalized spacial score (nSPS) is 11.6. The minimum Gasteiger partial charge on any atom is -0.338 e. The van der Waals surface area contributed by atoms with E-state index in [2.05, 4.69) is 20.1 Å². The van der Waals surface area contributed by atoms with Crippen LogP contribution >= 0.6 is 0 Å². The molecule has 0 bridgehead atoms. The predicted molar refractivity (Wildman–Crippen MR) is 68.2 cm³/mol. The third-order valence-electron chi connectivity index (χ3n) is 2.60. The van der Waals surface area contributed by atoms with Crippen molar-refractivity contribution in [3.05, 3.63) is 23.8 Å². The van der Waals surface area contributed by atoms with Crippen molar-refractivity contribution in [3.8, 4) is 11.6 Å². The number of aromatic nitrogens is 4. The molecule has 2 aromatic heterocycles. The van der Waals surface area contributed by atoms with E-state index < -0.39 is 5.41 Å². The number of rotatable bonds is 3. The van der Waals surface area contributed by atoms with Crippen molar-refractivity contribution >= 4 is 5.78 Å². The Morgan fingerprint density at radius 1 is 1.21 bits per heavy atom. The van der Waals surface area contributed by atoms with Gasteiger partial charge in [0.15, 0.2) is 0 Å². The Labute approximate surface area is 111 Å². The van der Waals surface area contributed by atoms with Crippen molar-refractivity contribution in [2.75, 3.05) is 0 Å². The lowest BCUT2D eigenvalue weighted by Gasteiger charge is -2.14. The molecule has 0 aliphatic heterocycles. The van der Waals surface area contributed by atoms with E-state index in [1.807, 2.05) is 27.7 Å². The summed E-state index contributed by atoms with van der Waals surface area (Å²) in [5.74, 6) is 1.03. The third-order valence-corrected chi connectivity index (χ3v) is 2.60. The fraction of sp³-hybridized carbons (Fsp3) is 0.462. The molecule has 0 N–H and O–H groups in total. The highest BCUT2D eigenvalue weighted by Gasteiger charge is 2.24. The number of carbonyl (C=O) groups excluding carboxylic acids is 1. The third kappa shape index (κ3) is 3.21. The smallest absolute Gasteiger partial charge is 0.240 e. The summed E-state index contributed by atoms with van der Waals surface area (Å²) in [7, 11) is 0. The van der Waals surface area contributed by atoms with Gasteiger partial charge < -0.3 is 4.52 Å². The van der Waals surface area contributed by atoms with Crippen LogP contribution in [0.5, 0.6) is 0 Å². The molecule has 19 heavy (non-hydrogen) atoms. The molecule has 0 fully saturated rings. The van der Waals surface area contributed by atoms with Crippen LogP contribution in [0.3, 0.4) is 0 Å². The summed E-state index contributed by atoms with van der Waals surface area (Å²) in [5.41, 5.74) is 0.532. The molecule has 2 rings (SSSR count). The van der Waals surface area contributed by atoms with Crippen molar-refractivity contribution < 1.29 is 9.32 Å². The maximum atomic E-state index is 11.9. The molecule has 0 unspecified atom stereocenters. The van der Waals surface area contributed by atoms with Gasteiger partial charge in [0.1, 0.15) is 5.78 Å². The zero-order chi connectivity index (χ0) is 14.0. The summed E-state index contributed by atoms with van der Waals surface area (Å²) in [6, 6.07) is 0. The van der Waals surface area contributed by atoms with Gasteiger partial charge in [0.2, 0.25) is 17.5 Å². The van der Waals surface area contributed by atoms with Crippen LogP contribution in [0.1, 0.15) is 32.2 Å². The van der Waals surface area contributed by atoms with Crippen LogP contribution in [0.15, 0.2) is 16.9 Å². The molecule has 0 aromatic carbocycles. The van der Waals surface area contributed by atoms with Crippen LogP contribution in [-0.4, -0.2) is 25.9 Å². The zero-order valence-corrected chi connectivity index (χ0v) is 11.5. The minimum atomic E-state index is -0.422. The van der Waals surface area contributed by atoms with E-state index >= 15 is 0 Å². The zero-order valence-electron chi connectivity index (χ0n) is 11.5. The van der Waals surface area contributed by atoms with E-state index in [0.717, 1.165) is 5.56 Å². The van der Waals surface area contributed by atoms with E-state index in [0.29, 0.717) is 17.5 Å². The Kier molecular flexibility index (Phi) is 3.42. The van der Waals surface area contributed by atoms with Gasteiger partial charge in [-0.25, -0.2) is 9.97 Å². The van der Waals surface area contributed by atoms with E-state index in [-0.39, 0.29) is 12.2 Å². The lowest BCUT2D eigenvalue weighted by Crippen LogP contribution is -2.22. The van der Waals surface area contributed by atoms with Crippen molar-refractivity contribution in [2.24, 2.45) is 5.41 Å². The maximum absolute atomic E-state index is 11.9. The van der Waals surface area contributed by atoms with Gasteiger partial charge in [0.25, 0.3) is 0 Å². The Morgan fingerprint density at radius 3 is 2.42 bits per heavy atom. The van der Waals surface area contributed by atoms with Crippen molar-refractivity contribution in [2.45, 2.75) is 34.1 Å². The summed E-state index contributed by atoms with van der Waals surface area (Å²) in [6.45, 7) is 7.47. The number of ketones is 1. The first-order valence-corrected chi connectivity index (χ1v) is 6.01. The molecule has 0 saturated heterocycles. The van der Waals surface area contributed by atoms with Crippen LogP contribution in [0.25, 0.3) is 11.6 Å². The van der Waals surface area contributed by atoms with Crippen LogP contribution < -0.4 is 0 Å². The topological polar surface area (TPSA) is 81.8 Å². The largest absolute Gasteiger partial charge is 0.338 e. The highest BCUT2D eigenvalue weighted by molar-refractivity contribution is 5.84. The average Bonchev–Trinajstić information content (AvgIpc) is 2.77. The Balaban J connectivity index is 2.16. The summed E-state index contributed by atoms with van der Waals surface area (Å²) >= 11 is 0. The number of Topliss-reactive ketones (excluding diaryl/α,β-unsaturated/α-hetero) is 1. The van der Waals surface area contributed by atoms with Gasteiger partial charge in [-0.15, -0.1) is 0 Å². The molecule has 0 aliphatic carbocycles. The molecule has 0 amide bonds. The molecule has 100 valence electrons. The summed E-state index contributed by atoms with van der Waals surface area (Å²) < 4.78 is 5.05. The molecule has 6 heteroatoms. The molecule has 0 spiro atoms. The molecule has 0 saturated carbocycles. The highest BCUT2D eigenvalue weighted by atomic mass is 16.5. The Hall–Kier alpha value is -2.11. The number of nitrogens with zero attached hydrogens (tertiary/aromatic N) is 4. The van der Waals surface area contributed by atoms with E-state index in [1.54, 1.807) is 12.4 Å². The first kappa shape index (κ1) is 13.3. The monoisotopic (exact) mass is 260 g/mol. The molecule has 0 radical (unpaired) electrons. The molecule has 6 nitrogen and oxygen atoms in total. The fourth-order valence-electron chi connectivity index (χ4n) is 1.33. The van der Waals surface area contributed by atoms with Crippen LogP contribution in [0.4, 0.5) is 0 Å². The van der Waals surface area contributed by atoms with Crippen molar-refractivity contribution in [3.63, 3.8) is 0 Å². The van der Waals surface area contributed by atoms with Gasteiger partial charge in [-0.05, 0) is 12.5 Å². The molecule has 2 heterocycles. The van der Waals surface area contributed by atoms with E-state index in [4.69, 9.17) is 4.52 Å². The summed E-state index contributed by atoms with van der Waals surface area (Å²) in [5, 5.41) is 3.79. The second kappa shape index (κ2) is 4.87. The quantitative estimate of drug-likeness (QED) is 0.839. The average molecular weight is 260 g/mol. The first-order chi connectivity index (χ1) is 8.86. The molecule has 2 aromatic rings. The number of hydrogen-bond acceptors (Lipinski definition) is 6. The molecular weight excluding hydrogens is 244 g/mol. The second-order valence-corrected chi connectivity index (χ2v) is 5.45. The summed E-state index contributed by atoms with van der Waals surface area (Å²) in [4.78, 5) is 24.2. The van der Waals surface area contributed by atoms with E-state index in [9.17, 15) is 4.79 Å². The van der Waals surface area contributed by atoms with Crippen LogP contribution in [0, 0.1) is 12.3 Å². The van der Waals surface area contributed by atoms with Crippen LogP contribution in [-0.2, 0) is 11.2 Å². The lowest BCUT2D eigenvalue weighted by atomic mass is 9.89. The predicted octanol–water partition coefficient (Wildman–Crippen LogP) is 1.99. The van der Waals surface area contributed by atoms with Gasteiger partial charge in [0, 0.05) is 17.8 Å². The fourth-order valence-corrected chi connectivity index (χ4v) is 1.33. The summed E-state index contributed by atoms with van der Waals surface area (Å²) in [6.07, 6.45) is 3.49. The SMILES string of the molecule is Cc1cnc(-c2noc(CC(=O)C(C)(C)C)n2)nc1. The Bertz CT molecular complexity index is 581. The number of carbonyl (C=O) groups is 1. The first-order valence-electron chi connectivity index (χ1n) is 6.01. The minimum absolute atomic E-state index is 0.0486. The van der Waals surface area contributed by atoms with Crippen LogP contribution in [0.2, 0.25) is 0 Å². The van der Waals surface area contributed by atoms with Gasteiger partial charge in [0.05, 0.1) is 6.42 Å². The van der Waals surface area contributed by atoms with Gasteiger partial charge in [-0.3, -0.25) is 4.79 Å². The van der Waals surface area contributed by atoms with Gasteiger partial charge in [-0.1, -0.05) is 25.9 Å². The van der Waals surface area contributed by atoms with Crippen molar-refractivity contribution in [1.82, 2.24) is 20.1 Å². The second-order valence-electron chi connectivity index (χ2n) is 5.45. The van der Waals surface area contributed by atoms with Crippen molar-refractivity contribution in [1.29, 1.82) is 0 Å². The highest BCUT2D eigenvalue weighted by Crippen LogP contribution is 2.18. The lowest BCUT2D eigenvalue weighted by molar-refractivity contribution is -0.125. The van der Waals surface area contributed by atoms with E-state index in [1.165, 1.54) is 0 Å². The van der Waals surface area contributed by atoms with Gasteiger partial charge in [-0.2, -0.15) is 4.98 Å². The Morgan fingerprint density at radius 2 is 1.84 bits per heavy atom. The maximum Gasteiger partial charge on any atom is 0.240 e. The standard InChI is InChI=1S/C13H16N4O2/c1-8-6-14-11(15-7-8)12-16-10(19-17-12)5-9(18)13(2,3)4/h6-7H,5H2,1-4H3. The molecule has 0 atom stereocenters. The number of aryl methyl sites for hydroxylation is 1. The van der Waals surface area contributed by atoms with Gasteiger partial charge >= 0.3 is 0 Å². The molecule has 0 aliphatic rings.